The molecule has 0 bridgehead atoms. The fourth-order valence-corrected chi connectivity index (χ4v) is 11.7. The van der Waals surface area contributed by atoms with Crippen LogP contribution in [0, 0.1) is 16.7 Å². The first-order valence-corrected chi connectivity index (χ1v) is 21.8. The Bertz CT molecular complexity index is 2660. The summed E-state index contributed by atoms with van der Waals surface area (Å²) in [7, 11) is 0. The van der Waals surface area contributed by atoms with Crippen LogP contribution in [0.15, 0.2) is 108 Å². The molecule has 2 heterocycles. The molecule has 2 aliphatic heterocycles. The molecule has 6 aliphatic rings. The van der Waals surface area contributed by atoms with Crippen molar-refractivity contribution < 1.29 is 72.2 Å². The number of fused-ring (bicyclic) bond motifs is 1. The van der Waals surface area contributed by atoms with Gasteiger partial charge in [0.05, 0.1) is 46.1 Å². The quantitative estimate of drug-likeness (QED) is 0.118. The molecule has 0 radical (unpaired) electrons. The highest BCUT2D eigenvalue weighted by Crippen LogP contribution is 2.84. The molecule has 1 amide bonds. The van der Waals surface area contributed by atoms with Crippen molar-refractivity contribution >= 4 is 41.5 Å². The number of allylic oxidation sites excluding steroid dienone is 1. The summed E-state index contributed by atoms with van der Waals surface area (Å²) >= 11 is 0. The lowest BCUT2D eigenvalue weighted by Crippen LogP contribution is -2.78. The number of aliphatic hydroxyl groups excluding tert-OH is 1. The molecule has 0 aromatic heterocycles. The molecule has 344 valence electrons. The number of aliphatic hydroxyl groups is 2. The van der Waals surface area contributed by atoms with E-state index in [4.69, 9.17) is 28.4 Å². The summed E-state index contributed by atoms with van der Waals surface area (Å²) in [5, 5.41) is 28.6. The monoisotopic (exact) mass is 903 g/mol. The van der Waals surface area contributed by atoms with Gasteiger partial charge in [-0.15, -0.1) is 0 Å². The number of esters is 5. The molecule has 16 heteroatoms. The Balaban J connectivity index is 1.22. The van der Waals surface area contributed by atoms with Gasteiger partial charge in [-0.25, -0.2) is 19.2 Å². The van der Waals surface area contributed by atoms with Crippen molar-refractivity contribution in [2.24, 2.45) is 16.7 Å². The third-order valence-corrected chi connectivity index (χ3v) is 15.2. The Kier molecular flexibility index (Phi) is 10.5. The number of carbonyl (C=O) groups excluding carboxylic acids is 7. The largest absolute Gasteiger partial charge is 0.455 e. The SMILES string of the molecule is C/C=C(\C)C(=O)N[C@@H](c1ccccc1)[C@@H](OC(=O)c1ccccc1)C(=O)O[C@H]1C[C@]2(O)[C@]3(C)C(=C1C)[C@@H](OC(C)=O)C(=O)[C@@]1(C)[C@H]4[C@@]5(CO[C@@H]5C[C@@H]1O)OC(=O)c1ccccc1C(=O)O[C@]423. The fourth-order valence-electron chi connectivity index (χ4n) is 11.7. The summed E-state index contributed by atoms with van der Waals surface area (Å²) in [6.45, 7) is 8.44. The molecule has 1 saturated heterocycles. The van der Waals surface area contributed by atoms with Gasteiger partial charge in [0.2, 0.25) is 12.0 Å². The lowest BCUT2D eigenvalue weighted by molar-refractivity contribution is -0.331. The van der Waals surface area contributed by atoms with Crippen molar-refractivity contribution in [2.75, 3.05) is 6.61 Å². The van der Waals surface area contributed by atoms with Gasteiger partial charge in [-0.2, -0.15) is 0 Å². The van der Waals surface area contributed by atoms with Crippen LogP contribution in [0.25, 0.3) is 0 Å². The van der Waals surface area contributed by atoms with E-state index in [1.165, 1.54) is 57.2 Å². The Labute approximate surface area is 379 Å². The second kappa shape index (κ2) is 15.6. The van der Waals surface area contributed by atoms with E-state index >= 15 is 9.59 Å². The average Bonchev–Trinajstić information content (AvgIpc) is 3.72. The Morgan fingerprint density at radius 3 is 2.06 bits per heavy atom. The molecule has 9 rings (SSSR count). The minimum absolute atomic E-state index is 0.0647. The van der Waals surface area contributed by atoms with Crippen LogP contribution in [0.1, 0.15) is 97.1 Å². The molecule has 3 N–H and O–H groups in total. The molecule has 4 aliphatic carbocycles. The highest BCUT2D eigenvalue weighted by atomic mass is 16.6. The summed E-state index contributed by atoms with van der Waals surface area (Å²) in [6, 6.07) is 20.6. The number of ketones is 1. The minimum Gasteiger partial charge on any atom is -0.455 e. The molecular formula is C50H49NO15. The number of rotatable bonds is 9. The first-order chi connectivity index (χ1) is 31.3. The van der Waals surface area contributed by atoms with Gasteiger partial charge in [0, 0.05) is 25.3 Å². The van der Waals surface area contributed by atoms with Crippen LogP contribution in [0.4, 0.5) is 0 Å². The van der Waals surface area contributed by atoms with Crippen molar-refractivity contribution in [3.05, 3.63) is 130 Å². The van der Waals surface area contributed by atoms with Gasteiger partial charge >= 0.3 is 29.8 Å². The zero-order valence-electron chi connectivity index (χ0n) is 37.0. The van der Waals surface area contributed by atoms with Gasteiger partial charge in [-0.1, -0.05) is 66.7 Å². The molecule has 3 aromatic carbocycles. The third-order valence-electron chi connectivity index (χ3n) is 15.2. The van der Waals surface area contributed by atoms with Crippen LogP contribution >= 0.6 is 0 Å². The second-order valence-corrected chi connectivity index (χ2v) is 18.4. The van der Waals surface area contributed by atoms with Crippen molar-refractivity contribution in [3.63, 3.8) is 0 Å². The molecule has 12 atom stereocenters. The van der Waals surface area contributed by atoms with Crippen LogP contribution in [-0.4, -0.2) is 106 Å². The molecule has 3 saturated carbocycles. The lowest BCUT2D eigenvalue weighted by atomic mass is 9.51. The van der Waals surface area contributed by atoms with Crippen LogP contribution in [-0.2, 0) is 47.6 Å². The van der Waals surface area contributed by atoms with Crippen LogP contribution < -0.4 is 5.32 Å². The number of Topliss-reactive ketones (excluding diaryl/α,β-unsaturated/α-hetero) is 1. The van der Waals surface area contributed by atoms with Crippen molar-refractivity contribution in [2.45, 2.75) is 108 Å². The van der Waals surface area contributed by atoms with Crippen LogP contribution in [0.5, 0.6) is 0 Å². The van der Waals surface area contributed by atoms with Gasteiger partial charge in [0.25, 0.3) is 0 Å². The van der Waals surface area contributed by atoms with E-state index in [1.54, 1.807) is 68.5 Å². The van der Waals surface area contributed by atoms with Gasteiger partial charge in [0.15, 0.2) is 23.1 Å². The number of nitrogens with one attached hydrogen (secondary N) is 1. The van der Waals surface area contributed by atoms with E-state index in [1.807, 2.05) is 0 Å². The number of hydrogen-bond donors (Lipinski definition) is 3. The molecular weight excluding hydrogens is 855 g/mol. The van der Waals surface area contributed by atoms with Crippen LogP contribution in [0.2, 0.25) is 0 Å². The van der Waals surface area contributed by atoms with E-state index in [0.717, 1.165) is 6.92 Å². The number of ether oxygens (including phenoxy) is 6. The first-order valence-electron chi connectivity index (χ1n) is 21.8. The summed E-state index contributed by atoms with van der Waals surface area (Å²) in [4.78, 5) is 100.0. The minimum atomic E-state index is -2.32. The number of hydrogen-bond acceptors (Lipinski definition) is 15. The van der Waals surface area contributed by atoms with Gasteiger partial charge < -0.3 is 44.0 Å². The third kappa shape index (κ3) is 6.03. The second-order valence-electron chi connectivity index (χ2n) is 18.4. The van der Waals surface area contributed by atoms with Crippen molar-refractivity contribution in [1.29, 1.82) is 0 Å². The fraction of sp³-hybridized carbons (Fsp3) is 0.420. The highest BCUT2D eigenvalue weighted by Gasteiger charge is 2.99. The smallest absolute Gasteiger partial charge is 0.350 e. The molecule has 66 heavy (non-hydrogen) atoms. The maximum atomic E-state index is 15.5. The van der Waals surface area contributed by atoms with E-state index in [-0.39, 0.29) is 40.9 Å². The van der Waals surface area contributed by atoms with E-state index in [9.17, 15) is 34.2 Å². The standard InChI is InChI=1S/C50H49NO15/c1-7-25(2)40(55)51-36(28-16-10-8-11-17-28)38(64-41(56)29-18-12-9-13-19-29)44(59)63-32-23-49(60)47(6)35(26(32)3)37(62-27(4)52)39(54)46(5)33(53)22-34-48(24-61-34)45(46)50(47,49)66-43(58)31-21-15-14-20-30(31)42(57)65-48/h7-21,32-34,36-38,45,53,60H,22-24H2,1-6H3,(H,51,55)/b25-7+/t32-,33-,34+,36-,37+,38+,45-,46-,47-,48-,49-,50-/m0/s1. The molecule has 2 spiro atoms. The molecule has 4 fully saturated rings. The normalized spacial score (nSPS) is 34.8. The van der Waals surface area contributed by atoms with Crippen molar-refractivity contribution in [3.8, 4) is 0 Å². The maximum absolute atomic E-state index is 15.5. The maximum Gasteiger partial charge on any atom is 0.350 e. The Hall–Kier alpha value is -6.49. The predicted molar refractivity (Wildman–Crippen MR) is 228 cm³/mol. The average molecular weight is 904 g/mol. The van der Waals surface area contributed by atoms with E-state index in [2.05, 4.69) is 5.32 Å². The van der Waals surface area contributed by atoms with E-state index < -0.39 is 118 Å². The Morgan fingerprint density at radius 1 is 0.864 bits per heavy atom. The van der Waals surface area contributed by atoms with Gasteiger partial charge in [0.1, 0.15) is 23.9 Å². The molecule has 3 aromatic rings. The number of amides is 1. The Morgan fingerprint density at radius 2 is 1.47 bits per heavy atom. The molecule has 0 unspecified atom stereocenters. The van der Waals surface area contributed by atoms with Gasteiger partial charge in [-0.3, -0.25) is 14.4 Å². The van der Waals surface area contributed by atoms with Crippen molar-refractivity contribution in [1.82, 2.24) is 5.32 Å². The first kappa shape index (κ1) is 44.7. The summed E-state index contributed by atoms with van der Waals surface area (Å²) in [6.07, 6.45) is -7.05. The summed E-state index contributed by atoms with van der Waals surface area (Å²) in [5.41, 5.74) is -9.83. The lowest BCUT2D eigenvalue weighted by Gasteiger charge is -2.63. The summed E-state index contributed by atoms with van der Waals surface area (Å²) in [5.74, 6) is -7.99. The van der Waals surface area contributed by atoms with Crippen LogP contribution in [0.3, 0.4) is 0 Å². The molecule has 16 nitrogen and oxygen atoms in total. The zero-order chi connectivity index (χ0) is 47.3. The highest BCUT2D eigenvalue weighted by molar-refractivity contribution is 6.05. The van der Waals surface area contributed by atoms with E-state index in [0.29, 0.717) is 11.1 Å². The zero-order valence-corrected chi connectivity index (χ0v) is 37.0. The number of carbonyl (C=O) groups is 7. The number of benzene rings is 3. The van der Waals surface area contributed by atoms with Gasteiger partial charge in [-0.05, 0) is 75.6 Å². The topological polar surface area (TPSA) is 227 Å². The summed E-state index contributed by atoms with van der Waals surface area (Å²) < 4.78 is 37.2. The predicted octanol–water partition coefficient (Wildman–Crippen LogP) is 4.22.